The summed E-state index contributed by atoms with van der Waals surface area (Å²) in [6.45, 7) is 3.71. The van der Waals surface area contributed by atoms with Crippen LogP contribution in [0.2, 0.25) is 10.2 Å². The molecule has 2 rings (SSSR count). The van der Waals surface area contributed by atoms with E-state index in [2.05, 4.69) is 17.0 Å². The van der Waals surface area contributed by atoms with Gasteiger partial charge in [-0.1, -0.05) is 35.9 Å². The number of nitrogens with zero attached hydrogens (tertiary/aromatic N) is 1. The Kier molecular flexibility index (Phi) is 3.90. The second kappa shape index (κ2) is 5.26. The second-order valence-corrected chi connectivity index (χ2v) is 4.70. The van der Waals surface area contributed by atoms with Gasteiger partial charge < -0.3 is 4.84 Å². The monoisotopic (exact) mass is 286 g/mol. The van der Waals surface area contributed by atoms with Gasteiger partial charge >= 0.3 is 5.97 Å². The van der Waals surface area contributed by atoms with Crippen LogP contribution in [-0.2, 0) is 4.84 Å². The first-order valence-corrected chi connectivity index (χ1v) is 6.25. The summed E-state index contributed by atoms with van der Waals surface area (Å²) >= 11 is 12.1. The minimum atomic E-state index is -0.604. The van der Waals surface area contributed by atoms with Gasteiger partial charge in [0, 0.05) is 12.6 Å². The summed E-state index contributed by atoms with van der Waals surface area (Å²) in [5.41, 5.74) is 3.90. The van der Waals surface area contributed by atoms with E-state index in [4.69, 9.17) is 28.0 Å². The molecule has 1 fully saturated rings. The van der Waals surface area contributed by atoms with Crippen molar-refractivity contribution < 1.29 is 9.63 Å². The normalized spacial score (nSPS) is 14.4. The molecule has 18 heavy (non-hydrogen) atoms. The molecule has 1 aromatic heterocycles. The molecule has 1 heterocycles. The van der Waals surface area contributed by atoms with Crippen LogP contribution < -0.4 is 5.48 Å². The maximum absolute atomic E-state index is 11.8. The van der Waals surface area contributed by atoms with Gasteiger partial charge in [-0.05, 0) is 24.3 Å². The molecule has 0 aliphatic heterocycles. The summed E-state index contributed by atoms with van der Waals surface area (Å²) < 4.78 is 0. The van der Waals surface area contributed by atoms with Crippen LogP contribution in [0.3, 0.4) is 0 Å². The predicted molar refractivity (Wildman–Crippen MR) is 70.8 cm³/mol. The summed E-state index contributed by atoms with van der Waals surface area (Å²) in [6.07, 6.45) is 3.62. The zero-order valence-corrected chi connectivity index (χ0v) is 11.3. The largest absolute Gasteiger partial charge is 0.376 e. The van der Waals surface area contributed by atoms with E-state index < -0.39 is 5.97 Å². The fraction of sp³-hybridized carbons (Fsp3) is 0.333. The number of halogens is 2. The molecule has 1 aliphatic rings. The van der Waals surface area contributed by atoms with Crippen LogP contribution in [0.1, 0.15) is 40.4 Å². The molecule has 0 radical (unpaired) electrons. The number of hydroxylamine groups is 1. The molecule has 0 amide bonds. The summed E-state index contributed by atoms with van der Waals surface area (Å²) in [4.78, 5) is 20.5. The van der Waals surface area contributed by atoms with Crippen molar-refractivity contribution in [3.63, 3.8) is 0 Å². The molecule has 4 nitrogen and oxygen atoms in total. The Balaban J connectivity index is 2.58. The quantitative estimate of drug-likeness (QED) is 0.682. The molecule has 0 atom stereocenters. The Morgan fingerprint density at radius 2 is 2.22 bits per heavy atom. The van der Waals surface area contributed by atoms with E-state index in [1.165, 1.54) is 7.05 Å². The lowest BCUT2D eigenvalue weighted by molar-refractivity contribution is 0.0302. The molecule has 6 heteroatoms. The van der Waals surface area contributed by atoms with Crippen molar-refractivity contribution in [2.75, 3.05) is 7.05 Å². The molecule has 0 saturated heterocycles. The molecule has 1 N–H and O–H groups in total. The topological polar surface area (TPSA) is 51.2 Å². The summed E-state index contributed by atoms with van der Waals surface area (Å²) in [7, 11) is 1.49. The van der Waals surface area contributed by atoms with Crippen molar-refractivity contribution in [1.82, 2.24) is 10.5 Å². The Labute approximate surface area is 115 Å². The van der Waals surface area contributed by atoms with Crippen LogP contribution in [0.5, 0.6) is 0 Å². The third-order valence-corrected chi connectivity index (χ3v) is 3.50. The highest BCUT2D eigenvalue weighted by Crippen LogP contribution is 2.47. The lowest BCUT2D eigenvalue weighted by Crippen LogP contribution is -2.18. The molecule has 0 spiro atoms. The molecular formula is C12H12Cl2N2O2. The lowest BCUT2D eigenvalue weighted by Gasteiger charge is -2.12. The van der Waals surface area contributed by atoms with Crippen molar-refractivity contribution in [2.45, 2.75) is 18.8 Å². The SMILES string of the molecule is C=Cc1c(C(=O)ONC)nc(Cl)c(Cl)c1C1CC1. The number of hydrogen-bond donors (Lipinski definition) is 1. The summed E-state index contributed by atoms with van der Waals surface area (Å²) in [5, 5.41) is 0.516. The van der Waals surface area contributed by atoms with Crippen molar-refractivity contribution in [3.05, 3.63) is 33.6 Å². The standard InChI is InChI=1S/C12H12Cl2N2O2/c1-3-7-8(6-4-5-6)9(13)11(14)16-10(7)12(17)18-15-2/h3,6,15H,1,4-5H2,2H3. The molecule has 1 aromatic rings. The highest BCUT2D eigenvalue weighted by Gasteiger charge is 2.32. The fourth-order valence-electron chi connectivity index (χ4n) is 1.84. The minimum Gasteiger partial charge on any atom is -0.366 e. The number of carbonyl (C=O) groups is 1. The number of nitrogens with one attached hydrogen (secondary N) is 1. The smallest absolute Gasteiger partial charge is 0.366 e. The third kappa shape index (κ3) is 2.36. The van der Waals surface area contributed by atoms with Gasteiger partial charge in [-0.25, -0.2) is 9.78 Å². The van der Waals surface area contributed by atoms with E-state index in [0.717, 1.165) is 18.4 Å². The van der Waals surface area contributed by atoms with E-state index in [0.29, 0.717) is 16.5 Å². The average molecular weight is 287 g/mol. The van der Waals surface area contributed by atoms with E-state index in [9.17, 15) is 4.79 Å². The van der Waals surface area contributed by atoms with Crippen LogP contribution in [0, 0.1) is 0 Å². The molecule has 1 aliphatic carbocycles. The van der Waals surface area contributed by atoms with Crippen LogP contribution >= 0.6 is 23.2 Å². The van der Waals surface area contributed by atoms with Gasteiger partial charge in [-0.3, -0.25) is 0 Å². The molecule has 0 bridgehead atoms. The van der Waals surface area contributed by atoms with Gasteiger partial charge in [-0.15, -0.1) is 0 Å². The summed E-state index contributed by atoms with van der Waals surface area (Å²) in [6, 6.07) is 0. The van der Waals surface area contributed by atoms with Crippen LogP contribution in [0.4, 0.5) is 0 Å². The zero-order chi connectivity index (χ0) is 13.3. The number of rotatable bonds is 4. The molecule has 96 valence electrons. The van der Waals surface area contributed by atoms with Gasteiger partial charge in [0.1, 0.15) is 5.15 Å². The third-order valence-electron chi connectivity index (χ3n) is 2.75. The molecule has 0 unspecified atom stereocenters. The Morgan fingerprint density at radius 3 is 2.72 bits per heavy atom. The average Bonchev–Trinajstić information content (AvgIpc) is 3.16. The lowest BCUT2D eigenvalue weighted by atomic mass is 10.0. The van der Waals surface area contributed by atoms with Crippen LogP contribution in [0.15, 0.2) is 6.58 Å². The number of carbonyl (C=O) groups excluding carboxylic acids is 1. The van der Waals surface area contributed by atoms with E-state index >= 15 is 0 Å². The zero-order valence-electron chi connectivity index (χ0n) is 9.80. The molecule has 0 aromatic carbocycles. The van der Waals surface area contributed by atoms with E-state index in [-0.39, 0.29) is 10.8 Å². The summed E-state index contributed by atoms with van der Waals surface area (Å²) in [5.74, 6) is -0.278. The van der Waals surface area contributed by atoms with Crippen LogP contribution in [0.25, 0.3) is 6.08 Å². The van der Waals surface area contributed by atoms with Gasteiger partial charge in [0.15, 0.2) is 5.69 Å². The van der Waals surface area contributed by atoms with Crippen molar-refractivity contribution in [3.8, 4) is 0 Å². The first-order valence-electron chi connectivity index (χ1n) is 5.49. The Hall–Kier alpha value is -1.10. The van der Waals surface area contributed by atoms with Crippen LogP contribution in [-0.4, -0.2) is 18.0 Å². The Morgan fingerprint density at radius 1 is 1.56 bits per heavy atom. The van der Waals surface area contributed by atoms with E-state index in [1.54, 1.807) is 6.08 Å². The van der Waals surface area contributed by atoms with Gasteiger partial charge in [0.25, 0.3) is 0 Å². The first-order chi connectivity index (χ1) is 8.60. The Bertz CT molecular complexity index is 513. The number of aromatic nitrogens is 1. The predicted octanol–water partition coefficient (Wildman–Crippen LogP) is 3.20. The molecule has 1 saturated carbocycles. The second-order valence-electron chi connectivity index (χ2n) is 3.96. The molecular weight excluding hydrogens is 275 g/mol. The minimum absolute atomic E-state index is 0.118. The van der Waals surface area contributed by atoms with Crippen molar-refractivity contribution in [1.29, 1.82) is 0 Å². The highest BCUT2D eigenvalue weighted by molar-refractivity contribution is 6.42. The maximum atomic E-state index is 11.8. The maximum Gasteiger partial charge on any atom is 0.376 e. The number of pyridine rings is 1. The number of hydrogen-bond acceptors (Lipinski definition) is 4. The van der Waals surface area contributed by atoms with Gasteiger partial charge in [0.2, 0.25) is 0 Å². The van der Waals surface area contributed by atoms with Crippen molar-refractivity contribution in [2.24, 2.45) is 0 Å². The fourth-order valence-corrected chi connectivity index (χ4v) is 2.32. The highest BCUT2D eigenvalue weighted by atomic mass is 35.5. The van der Waals surface area contributed by atoms with Crippen molar-refractivity contribution >= 4 is 35.2 Å². The van der Waals surface area contributed by atoms with E-state index in [1.807, 2.05) is 0 Å². The van der Waals surface area contributed by atoms with Gasteiger partial charge in [0.05, 0.1) is 5.02 Å². The first kappa shape index (κ1) is 13.3. The van der Waals surface area contributed by atoms with Gasteiger partial charge in [-0.2, -0.15) is 5.48 Å².